The topological polar surface area (TPSA) is 56.3 Å². The smallest absolute Gasteiger partial charge is 0.118 e. The van der Waals surface area contributed by atoms with Gasteiger partial charge in [-0.15, -0.1) is 0 Å². The first-order valence-corrected chi connectivity index (χ1v) is 7.08. The third kappa shape index (κ3) is 3.83. The summed E-state index contributed by atoms with van der Waals surface area (Å²) in [5, 5.41) is 4.21. The molecule has 2 rings (SSSR count). The molecular formula is C16H24N4O. The van der Waals surface area contributed by atoms with Crippen molar-refractivity contribution in [1.29, 1.82) is 0 Å². The van der Waals surface area contributed by atoms with Crippen LogP contribution >= 0.6 is 0 Å². The van der Waals surface area contributed by atoms with E-state index in [0.717, 1.165) is 12.3 Å². The first-order chi connectivity index (χ1) is 10.0. The minimum absolute atomic E-state index is 0.0278. The normalized spacial score (nSPS) is 14.2. The zero-order valence-corrected chi connectivity index (χ0v) is 13.2. The van der Waals surface area contributed by atoms with Crippen LogP contribution in [0.1, 0.15) is 24.1 Å². The molecule has 0 aliphatic heterocycles. The molecule has 1 aromatic carbocycles. The van der Waals surface area contributed by atoms with E-state index in [4.69, 9.17) is 10.5 Å². The van der Waals surface area contributed by atoms with Crippen LogP contribution in [0.15, 0.2) is 36.7 Å². The highest BCUT2D eigenvalue weighted by molar-refractivity contribution is 5.30. The van der Waals surface area contributed by atoms with Gasteiger partial charge in [-0.3, -0.25) is 9.58 Å². The van der Waals surface area contributed by atoms with Crippen LogP contribution in [0.4, 0.5) is 0 Å². The number of aromatic nitrogens is 2. The van der Waals surface area contributed by atoms with Gasteiger partial charge >= 0.3 is 0 Å². The molecule has 0 aliphatic carbocycles. The predicted molar refractivity (Wildman–Crippen MR) is 84.1 cm³/mol. The first kappa shape index (κ1) is 15.5. The Hall–Kier alpha value is -1.85. The Bertz CT molecular complexity index is 562. The van der Waals surface area contributed by atoms with E-state index in [-0.39, 0.29) is 12.1 Å². The molecule has 0 radical (unpaired) electrons. The highest BCUT2D eigenvalue weighted by Gasteiger charge is 2.21. The van der Waals surface area contributed by atoms with Crippen molar-refractivity contribution < 1.29 is 4.74 Å². The molecule has 0 aliphatic rings. The molecule has 0 spiro atoms. The fourth-order valence-electron chi connectivity index (χ4n) is 2.70. The highest BCUT2D eigenvalue weighted by Crippen LogP contribution is 2.25. The Morgan fingerprint density at radius 2 is 2.00 bits per heavy atom. The zero-order valence-electron chi connectivity index (χ0n) is 13.2. The van der Waals surface area contributed by atoms with Crippen molar-refractivity contribution in [3.05, 3.63) is 47.8 Å². The molecule has 1 heterocycles. The predicted octanol–water partition coefficient (Wildman–Crippen LogP) is 1.95. The monoisotopic (exact) mass is 288 g/mol. The number of hydrogen-bond acceptors (Lipinski definition) is 4. The SMILES string of the molecule is COc1ccc(C(C(C)N)N(C)Cc2cnn(C)c2)cc1. The lowest BCUT2D eigenvalue weighted by Gasteiger charge is -2.31. The van der Waals surface area contributed by atoms with Crippen LogP contribution in [-0.2, 0) is 13.6 Å². The maximum Gasteiger partial charge on any atom is 0.118 e. The number of likely N-dealkylation sites (N-methyl/N-ethyl adjacent to an activating group) is 1. The number of benzene rings is 1. The van der Waals surface area contributed by atoms with Crippen LogP contribution in [-0.4, -0.2) is 34.9 Å². The summed E-state index contributed by atoms with van der Waals surface area (Å²) in [7, 11) is 5.69. The number of ether oxygens (including phenoxy) is 1. The summed E-state index contributed by atoms with van der Waals surface area (Å²) in [4.78, 5) is 2.25. The van der Waals surface area contributed by atoms with E-state index in [0.29, 0.717) is 0 Å². The number of nitrogens with zero attached hydrogens (tertiary/aromatic N) is 3. The molecule has 0 bridgehead atoms. The summed E-state index contributed by atoms with van der Waals surface area (Å²) in [6, 6.07) is 8.28. The number of rotatable bonds is 6. The van der Waals surface area contributed by atoms with Gasteiger partial charge in [-0.05, 0) is 31.7 Å². The van der Waals surface area contributed by atoms with Crippen molar-refractivity contribution in [2.75, 3.05) is 14.2 Å². The van der Waals surface area contributed by atoms with Gasteiger partial charge in [0.05, 0.1) is 13.3 Å². The van der Waals surface area contributed by atoms with E-state index in [1.807, 2.05) is 43.2 Å². The number of nitrogens with two attached hydrogens (primary N) is 1. The van der Waals surface area contributed by atoms with Gasteiger partial charge in [0.15, 0.2) is 0 Å². The molecule has 5 heteroatoms. The molecule has 0 amide bonds. The van der Waals surface area contributed by atoms with Crippen LogP contribution < -0.4 is 10.5 Å². The van der Waals surface area contributed by atoms with E-state index in [9.17, 15) is 0 Å². The molecule has 21 heavy (non-hydrogen) atoms. The van der Waals surface area contributed by atoms with Gasteiger partial charge < -0.3 is 10.5 Å². The second-order valence-electron chi connectivity index (χ2n) is 5.51. The summed E-state index contributed by atoms with van der Waals surface area (Å²) in [6.45, 7) is 2.85. The van der Waals surface area contributed by atoms with Gasteiger partial charge in [0.2, 0.25) is 0 Å². The quantitative estimate of drug-likeness (QED) is 0.882. The van der Waals surface area contributed by atoms with Gasteiger partial charge in [0, 0.05) is 37.4 Å². The minimum Gasteiger partial charge on any atom is -0.497 e. The van der Waals surface area contributed by atoms with Crippen molar-refractivity contribution in [1.82, 2.24) is 14.7 Å². The van der Waals surface area contributed by atoms with Crippen molar-refractivity contribution in [2.24, 2.45) is 12.8 Å². The number of hydrogen-bond donors (Lipinski definition) is 1. The molecule has 1 aromatic heterocycles. The van der Waals surface area contributed by atoms with Gasteiger partial charge in [-0.2, -0.15) is 5.10 Å². The average Bonchev–Trinajstić information content (AvgIpc) is 2.84. The van der Waals surface area contributed by atoms with Crippen LogP contribution in [0.5, 0.6) is 5.75 Å². The molecule has 0 saturated heterocycles. The van der Waals surface area contributed by atoms with E-state index in [2.05, 4.69) is 29.2 Å². The Morgan fingerprint density at radius 3 is 2.48 bits per heavy atom. The van der Waals surface area contributed by atoms with Crippen molar-refractivity contribution in [3.63, 3.8) is 0 Å². The highest BCUT2D eigenvalue weighted by atomic mass is 16.5. The van der Waals surface area contributed by atoms with Gasteiger partial charge in [0.25, 0.3) is 0 Å². The second-order valence-corrected chi connectivity index (χ2v) is 5.51. The standard InChI is InChI=1S/C16H24N4O/c1-12(17)16(14-5-7-15(21-4)8-6-14)19(2)10-13-9-18-20(3)11-13/h5-9,11-12,16H,10,17H2,1-4H3. The minimum atomic E-state index is 0.0278. The fraction of sp³-hybridized carbons (Fsp3) is 0.438. The molecule has 114 valence electrons. The molecular weight excluding hydrogens is 264 g/mol. The Kier molecular flexibility index (Phi) is 4.98. The first-order valence-electron chi connectivity index (χ1n) is 7.08. The molecule has 0 fully saturated rings. The molecule has 2 atom stereocenters. The maximum absolute atomic E-state index is 6.21. The zero-order chi connectivity index (χ0) is 15.4. The van der Waals surface area contributed by atoms with E-state index in [1.165, 1.54) is 11.1 Å². The van der Waals surface area contributed by atoms with E-state index < -0.39 is 0 Å². The van der Waals surface area contributed by atoms with Crippen molar-refractivity contribution in [2.45, 2.75) is 25.6 Å². The lowest BCUT2D eigenvalue weighted by atomic mass is 9.99. The van der Waals surface area contributed by atoms with Crippen LogP contribution in [0.25, 0.3) is 0 Å². The summed E-state index contributed by atoms with van der Waals surface area (Å²) >= 11 is 0. The second kappa shape index (κ2) is 6.74. The summed E-state index contributed by atoms with van der Waals surface area (Å²) in [5.41, 5.74) is 8.58. The van der Waals surface area contributed by atoms with Crippen molar-refractivity contribution in [3.8, 4) is 5.75 Å². The van der Waals surface area contributed by atoms with Crippen LogP contribution in [0, 0.1) is 0 Å². The molecule has 2 aromatic rings. The van der Waals surface area contributed by atoms with Crippen LogP contribution in [0.3, 0.4) is 0 Å². The summed E-state index contributed by atoms with van der Waals surface area (Å²) in [5.74, 6) is 0.858. The van der Waals surface area contributed by atoms with Gasteiger partial charge in [-0.1, -0.05) is 12.1 Å². The molecule has 2 unspecified atom stereocenters. The number of methoxy groups -OCH3 is 1. The number of aryl methyl sites for hydroxylation is 1. The van der Waals surface area contributed by atoms with Gasteiger partial charge in [0.1, 0.15) is 5.75 Å². The third-order valence-corrected chi connectivity index (χ3v) is 3.62. The maximum atomic E-state index is 6.21. The van der Waals surface area contributed by atoms with Gasteiger partial charge in [-0.25, -0.2) is 0 Å². The average molecular weight is 288 g/mol. The fourth-order valence-corrected chi connectivity index (χ4v) is 2.70. The summed E-state index contributed by atoms with van der Waals surface area (Å²) < 4.78 is 7.03. The lowest BCUT2D eigenvalue weighted by molar-refractivity contribution is 0.211. The lowest BCUT2D eigenvalue weighted by Crippen LogP contribution is -2.36. The summed E-state index contributed by atoms with van der Waals surface area (Å²) in [6.07, 6.45) is 3.92. The Balaban J connectivity index is 2.16. The molecule has 2 N–H and O–H groups in total. The van der Waals surface area contributed by atoms with E-state index >= 15 is 0 Å². The Morgan fingerprint density at radius 1 is 1.33 bits per heavy atom. The largest absolute Gasteiger partial charge is 0.497 e. The van der Waals surface area contributed by atoms with Crippen molar-refractivity contribution >= 4 is 0 Å². The van der Waals surface area contributed by atoms with E-state index in [1.54, 1.807) is 7.11 Å². The molecule has 0 saturated carbocycles. The molecule has 5 nitrogen and oxygen atoms in total. The Labute approximate surface area is 126 Å². The third-order valence-electron chi connectivity index (χ3n) is 3.62. The van der Waals surface area contributed by atoms with Crippen LogP contribution in [0.2, 0.25) is 0 Å².